The molecule has 0 aliphatic carbocycles. The molecule has 17 heavy (non-hydrogen) atoms. The van der Waals surface area contributed by atoms with Gasteiger partial charge in [-0.25, -0.2) is 0 Å². The van der Waals surface area contributed by atoms with Crippen molar-refractivity contribution in [1.29, 1.82) is 0 Å². The van der Waals surface area contributed by atoms with Crippen LogP contribution >= 0.6 is 0 Å². The highest BCUT2D eigenvalue weighted by Gasteiger charge is 2.12. The summed E-state index contributed by atoms with van der Waals surface area (Å²) in [5.74, 6) is 0. The molecule has 0 saturated carbocycles. The van der Waals surface area contributed by atoms with Crippen molar-refractivity contribution in [3.05, 3.63) is 36.0 Å². The molecule has 0 bridgehead atoms. The molecule has 0 unspecified atom stereocenters. The van der Waals surface area contributed by atoms with Gasteiger partial charge in [0.1, 0.15) is 0 Å². The van der Waals surface area contributed by atoms with Gasteiger partial charge in [0, 0.05) is 23.2 Å². The first kappa shape index (κ1) is 11.9. The Bertz CT molecular complexity index is 526. The lowest BCUT2D eigenvalue weighted by atomic mass is 10.1. The number of rotatable bonds is 2. The van der Waals surface area contributed by atoms with Crippen LogP contribution in [0.5, 0.6) is 0 Å². The van der Waals surface area contributed by atoms with E-state index in [0.717, 1.165) is 22.3 Å². The van der Waals surface area contributed by atoms with E-state index < -0.39 is 0 Å². The van der Waals surface area contributed by atoms with Gasteiger partial charge in [-0.15, -0.1) is 0 Å². The number of aromatic nitrogens is 1. The zero-order valence-electron chi connectivity index (χ0n) is 10.6. The van der Waals surface area contributed by atoms with Crippen LogP contribution in [0.15, 0.2) is 30.3 Å². The third-order valence-electron chi connectivity index (χ3n) is 2.49. The second-order valence-electron chi connectivity index (χ2n) is 5.26. The standard InChI is InChI=1S/C14H19N3/c1-14(2,3)17-13-8-10(9-15)16-12-7-5-4-6-11(12)13/h4-8H,9,15H2,1-3H3,(H,16,17). The average molecular weight is 229 g/mol. The highest BCUT2D eigenvalue weighted by atomic mass is 15.0. The average Bonchev–Trinajstić information content (AvgIpc) is 2.26. The summed E-state index contributed by atoms with van der Waals surface area (Å²) < 4.78 is 0. The van der Waals surface area contributed by atoms with Crippen LogP contribution in [0.1, 0.15) is 26.5 Å². The molecule has 0 aliphatic rings. The fourth-order valence-corrected chi connectivity index (χ4v) is 1.84. The smallest absolute Gasteiger partial charge is 0.0726 e. The van der Waals surface area contributed by atoms with Gasteiger partial charge in [-0.2, -0.15) is 0 Å². The van der Waals surface area contributed by atoms with Crippen molar-refractivity contribution in [2.24, 2.45) is 5.73 Å². The molecule has 90 valence electrons. The number of hydrogen-bond acceptors (Lipinski definition) is 3. The lowest BCUT2D eigenvalue weighted by molar-refractivity contribution is 0.635. The third kappa shape index (κ3) is 2.74. The van der Waals surface area contributed by atoms with Crippen molar-refractivity contribution >= 4 is 16.6 Å². The number of fused-ring (bicyclic) bond motifs is 1. The molecule has 1 aromatic carbocycles. The van der Waals surface area contributed by atoms with Crippen LogP contribution < -0.4 is 11.1 Å². The zero-order valence-corrected chi connectivity index (χ0v) is 10.6. The van der Waals surface area contributed by atoms with E-state index in [1.54, 1.807) is 0 Å². The van der Waals surface area contributed by atoms with Crippen molar-refractivity contribution in [2.75, 3.05) is 5.32 Å². The lowest BCUT2D eigenvalue weighted by Crippen LogP contribution is -2.26. The maximum atomic E-state index is 5.68. The summed E-state index contributed by atoms with van der Waals surface area (Å²) in [6.07, 6.45) is 0. The molecule has 0 aliphatic heterocycles. The van der Waals surface area contributed by atoms with Crippen LogP contribution in [-0.2, 0) is 6.54 Å². The van der Waals surface area contributed by atoms with E-state index in [9.17, 15) is 0 Å². The summed E-state index contributed by atoms with van der Waals surface area (Å²) in [4.78, 5) is 4.52. The van der Waals surface area contributed by atoms with Gasteiger partial charge in [-0.3, -0.25) is 4.98 Å². The minimum atomic E-state index is 0.0238. The Labute approximate surface area is 102 Å². The fourth-order valence-electron chi connectivity index (χ4n) is 1.84. The Hall–Kier alpha value is -1.61. The van der Waals surface area contributed by atoms with Crippen molar-refractivity contribution in [1.82, 2.24) is 4.98 Å². The maximum absolute atomic E-state index is 5.68. The Morgan fingerprint density at radius 1 is 1.24 bits per heavy atom. The number of anilines is 1. The number of pyridine rings is 1. The molecule has 0 radical (unpaired) electrons. The van der Waals surface area contributed by atoms with Gasteiger partial charge in [0.05, 0.1) is 11.2 Å². The van der Waals surface area contributed by atoms with E-state index >= 15 is 0 Å². The van der Waals surface area contributed by atoms with Crippen molar-refractivity contribution in [3.8, 4) is 0 Å². The van der Waals surface area contributed by atoms with E-state index in [-0.39, 0.29) is 5.54 Å². The molecule has 2 rings (SSSR count). The molecule has 2 aromatic rings. The summed E-state index contributed by atoms with van der Waals surface area (Å²) in [7, 11) is 0. The Kier molecular flexibility index (Phi) is 3.03. The van der Waals surface area contributed by atoms with E-state index in [0.29, 0.717) is 6.54 Å². The monoisotopic (exact) mass is 229 g/mol. The van der Waals surface area contributed by atoms with Gasteiger partial charge in [-0.05, 0) is 32.9 Å². The predicted octanol–water partition coefficient (Wildman–Crippen LogP) is 2.90. The minimum absolute atomic E-state index is 0.0238. The van der Waals surface area contributed by atoms with Crippen LogP contribution in [0.3, 0.4) is 0 Å². The van der Waals surface area contributed by atoms with Gasteiger partial charge in [0.25, 0.3) is 0 Å². The highest BCUT2D eigenvalue weighted by Crippen LogP contribution is 2.25. The SMILES string of the molecule is CC(C)(C)Nc1cc(CN)nc2ccccc12. The van der Waals surface area contributed by atoms with Crippen molar-refractivity contribution in [3.63, 3.8) is 0 Å². The number of nitrogens with zero attached hydrogens (tertiary/aromatic N) is 1. The second-order valence-corrected chi connectivity index (χ2v) is 5.26. The Morgan fingerprint density at radius 2 is 1.94 bits per heavy atom. The van der Waals surface area contributed by atoms with Crippen LogP contribution in [0.4, 0.5) is 5.69 Å². The van der Waals surface area contributed by atoms with Crippen LogP contribution in [-0.4, -0.2) is 10.5 Å². The molecule has 0 fully saturated rings. The summed E-state index contributed by atoms with van der Waals surface area (Å²) in [6.45, 7) is 6.89. The van der Waals surface area contributed by atoms with Gasteiger partial charge in [-0.1, -0.05) is 18.2 Å². The Balaban J connectivity index is 2.58. The molecule has 3 nitrogen and oxygen atoms in total. The molecular weight excluding hydrogens is 210 g/mol. The first-order chi connectivity index (χ1) is 7.99. The molecule has 1 heterocycles. The maximum Gasteiger partial charge on any atom is 0.0726 e. The number of hydrogen-bond donors (Lipinski definition) is 2. The largest absolute Gasteiger partial charge is 0.380 e. The number of benzene rings is 1. The van der Waals surface area contributed by atoms with Crippen molar-refractivity contribution in [2.45, 2.75) is 32.9 Å². The summed E-state index contributed by atoms with van der Waals surface area (Å²) >= 11 is 0. The highest BCUT2D eigenvalue weighted by molar-refractivity contribution is 5.91. The van der Waals surface area contributed by atoms with Gasteiger partial charge in [0.15, 0.2) is 0 Å². The predicted molar refractivity (Wildman–Crippen MR) is 73.0 cm³/mol. The molecule has 1 aromatic heterocycles. The first-order valence-corrected chi connectivity index (χ1v) is 5.86. The van der Waals surface area contributed by atoms with Gasteiger partial charge < -0.3 is 11.1 Å². The van der Waals surface area contributed by atoms with Gasteiger partial charge >= 0.3 is 0 Å². The van der Waals surface area contributed by atoms with E-state index in [2.05, 4.69) is 37.1 Å². The second kappa shape index (κ2) is 4.34. The molecule has 3 N–H and O–H groups in total. The summed E-state index contributed by atoms with van der Waals surface area (Å²) in [5.41, 5.74) is 8.71. The molecule has 3 heteroatoms. The fraction of sp³-hybridized carbons (Fsp3) is 0.357. The molecule has 0 spiro atoms. The molecular formula is C14H19N3. The summed E-state index contributed by atoms with van der Waals surface area (Å²) in [6, 6.07) is 10.2. The number of nitrogens with two attached hydrogens (primary N) is 1. The van der Waals surface area contributed by atoms with Crippen LogP contribution in [0, 0.1) is 0 Å². The molecule has 0 saturated heterocycles. The molecule has 0 atom stereocenters. The topological polar surface area (TPSA) is 50.9 Å². The van der Waals surface area contributed by atoms with E-state index in [4.69, 9.17) is 5.73 Å². The number of para-hydroxylation sites is 1. The zero-order chi connectivity index (χ0) is 12.5. The Morgan fingerprint density at radius 3 is 2.59 bits per heavy atom. The van der Waals surface area contributed by atoms with Crippen LogP contribution in [0.25, 0.3) is 10.9 Å². The van der Waals surface area contributed by atoms with Gasteiger partial charge in [0.2, 0.25) is 0 Å². The van der Waals surface area contributed by atoms with E-state index in [1.807, 2.05) is 24.3 Å². The third-order valence-corrected chi connectivity index (χ3v) is 2.49. The molecule has 0 amide bonds. The van der Waals surface area contributed by atoms with Crippen molar-refractivity contribution < 1.29 is 0 Å². The quantitative estimate of drug-likeness (QED) is 0.832. The summed E-state index contributed by atoms with van der Waals surface area (Å²) in [5, 5.41) is 4.64. The minimum Gasteiger partial charge on any atom is -0.380 e. The van der Waals surface area contributed by atoms with Crippen LogP contribution in [0.2, 0.25) is 0 Å². The normalized spacial score (nSPS) is 11.8. The first-order valence-electron chi connectivity index (χ1n) is 5.86. The van der Waals surface area contributed by atoms with E-state index in [1.165, 1.54) is 0 Å². The lowest BCUT2D eigenvalue weighted by Gasteiger charge is -2.23. The number of nitrogens with one attached hydrogen (secondary N) is 1.